The summed E-state index contributed by atoms with van der Waals surface area (Å²) in [5, 5.41) is 4.01. The summed E-state index contributed by atoms with van der Waals surface area (Å²) < 4.78 is 5.42. The van der Waals surface area contributed by atoms with Gasteiger partial charge in [-0.05, 0) is 38.8 Å². The van der Waals surface area contributed by atoms with Crippen molar-refractivity contribution in [3.05, 3.63) is 23.0 Å². The van der Waals surface area contributed by atoms with Gasteiger partial charge in [0.25, 0.3) is 5.95 Å². The highest BCUT2D eigenvalue weighted by molar-refractivity contribution is 5.48. The van der Waals surface area contributed by atoms with E-state index in [2.05, 4.69) is 31.9 Å². The Balaban J connectivity index is 1.71. The highest BCUT2D eigenvalue weighted by Crippen LogP contribution is 2.31. The fourth-order valence-corrected chi connectivity index (χ4v) is 2.97. The van der Waals surface area contributed by atoms with Crippen LogP contribution in [0.25, 0.3) is 0 Å². The summed E-state index contributed by atoms with van der Waals surface area (Å²) in [7, 11) is 3.83. The van der Waals surface area contributed by atoms with Gasteiger partial charge in [-0.25, -0.2) is 9.97 Å². The van der Waals surface area contributed by atoms with E-state index in [4.69, 9.17) is 4.52 Å². The van der Waals surface area contributed by atoms with Gasteiger partial charge in [-0.15, -0.1) is 0 Å². The third kappa shape index (κ3) is 3.13. The number of anilines is 2. The van der Waals surface area contributed by atoms with E-state index >= 15 is 0 Å². The third-order valence-electron chi connectivity index (χ3n) is 4.45. The second kappa shape index (κ2) is 6.14. The van der Waals surface area contributed by atoms with Gasteiger partial charge in [-0.3, -0.25) is 0 Å². The van der Waals surface area contributed by atoms with E-state index in [9.17, 15) is 0 Å². The zero-order valence-electron chi connectivity index (χ0n) is 14.5. The molecule has 3 rings (SSSR count). The summed E-state index contributed by atoms with van der Waals surface area (Å²) in [5.41, 5.74) is 2.23. The summed E-state index contributed by atoms with van der Waals surface area (Å²) in [4.78, 5) is 17.8. The molecule has 2 aromatic rings. The van der Waals surface area contributed by atoms with Crippen LogP contribution in [0, 0.1) is 20.8 Å². The average molecular weight is 316 g/mol. The van der Waals surface area contributed by atoms with E-state index < -0.39 is 0 Å². The van der Waals surface area contributed by atoms with Gasteiger partial charge in [0.15, 0.2) is 0 Å². The summed E-state index contributed by atoms with van der Waals surface area (Å²) in [5.74, 6) is 3.61. The zero-order chi connectivity index (χ0) is 16.6. The van der Waals surface area contributed by atoms with Crippen LogP contribution in [-0.2, 0) is 0 Å². The number of piperidine rings is 1. The lowest BCUT2D eigenvalue weighted by Crippen LogP contribution is -2.34. The minimum Gasteiger partial charge on any atom is -0.356 e. The van der Waals surface area contributed by atoms with Crippen LogP contribution in [-0.4, -0.2) is 47.3 Å². The fourth-order valence-electron chi connectivity index (χ4n) is 2.97. The lowest BCUT2D eigenvalue weighted by Gasteiger charge is -2.32. The largest absolute Gasteiger partial charge is 0.356 e. The van der Waals surface area contributed by atoms with Gasteiger partial charge >= 0.3 is 0 Å². The Labute approximate surface area is 136 Å². The first kappa shape index (κ1) is 15.7. The molecule has 0 aromatic carbocycles. The number of nitrogens with zero attached hydrogens (tertiary/aromatic N) is 6. The molecular weight excluding hydrogens is 292 g/mol. The van der Waals surface area contributed by atoms with Gasteiger partial charge in [0.05, 0.1) is 0 Å². The second-order valence-corrected chi connectivity index (χ2v) is 6.39. The molecule has 1 fully saturated rings. The molecule has 7 nitrogen and oxygen atoms in total. The Morgan fingerprint density at radius 3 is 2.35 bits per heavy atom. The molecule has 1 aliphatic heterocycles. The maximum atomic E-state index is 5.42. The van der Waals surface area contributed by atoms with Crippen LogP contribution < -0.4 is 9.80 Å². The molecule has 0 N–H and O–H groups in total. The van der Waals surface area contributed by atoms with Crippen LogP contribution >= 0.6 is 0 Å². The molecule has 0 radical (unpaired) electrons. The Morgan fingerprint density at radius 2 is 1.74 bits per heavy atom. The Bertz CT molecular complexity index is 688. The van der Waals surface area contributed by atoms with Crippen LogP contribution in [0.4, 0.5) is 11.8 Å². The predicted octanol–water partition coefficient (Wildman–Crippen LogP) is 2.23. The van der Waals surface area contributed by atoms with E-state index in [1.54, 1.807) is 0 Å². The standard InChI is InChI=1S/C16H24N6O/c1-10-11(2)17-12(3)18-14(10)22-8-6-13(7-9-22)15-19-16(20-23-15)21(4)5/h13H,6-9H2,1-5H3. The molecule has 124 valence electrons. The summed E-state index contributed by atoms with van der Waals surface area (Å²) >= 11 is 0. The van der Waals surface area contributed by atoms with Gasteiger partial charge in [0.1, 0.15) is 11.6 Å². The van der Waals surface area contributed by atoms with Crippen molar-refractivity contribution in [1.82, 2.24) is 20.1 Å². The maximum Gasteiger partial charge on any atom is 0.265 e. The quantitative estimate of drug-likeness (QED) is 0.860. The highest BCUT2D eigenvalue weighted by Gasteiger charge is 2.27. The van der Waals surface area contributed by atoms with E-state index in [1.165, 1.54) is 5.56 Å². The minimum atomic E-state index is 0.330. The summed E-state index contributed by atoms with van der Waals surface area (Å²) in [6.07, 6.45) is 1.99. The van der Waals surface area contributed by atoms with E-state index in [0.29, 0.717) is 11.9 Å². The van der Waals surface area contributed by atoms with Crippen LogP contribution in [0.2, 0.25) is 0 Å². The number of hydrogen-bond acceptors (Lipinski definition) is 7. The van der Waals surface area contributed by atoms with Crippen LogP contribution in [0.3, 0.4) is 0 Å². The molecule has 0 saturated carbocycles. The van der Waals surface area contributed by atoms with Crippen molar-refractivity contribution in [3.8, 4) is 0 Å². The molecule has 7 heteroatoms. The third-order valence-corrected chi connectivity index (χ3v) is 4.45. The number of rotatable bonds is 3. The molecule has 1 saturated heterocycles. The van der Waals surface area contributed by atoms with Crippen molar-refractivity contribution in [2.24, 2.45) is 0 Å². The van der Waals surface area contributed by atoms with Crippen molar-refractivity contribution in [2.45, 2.75) is 39.5 Å². The average Bonchev–Trinajstić information content (AvgIpc) is 3.01. The molecule has 23 heavy (non-hydrogen) atoms. The van der Waals surface area contributed by atoms with Crippen LogP contribution in [0.5, 0.6) is 0 Å². The molecule has 0 atom stereocenters. The van der Waals surface area contributed by atoms with Crippen molar-refractivity contribution < 1.29 is 4.52 Å². The Morgan fingerprint density at radius 1 is 1.04 bits per heavy atom. The normalized spacial score (nSPS) is 16.0. The lowest BCUT2D eigenvalue weighted by atomic mass is 9.96. The van der Waals surface area contributed by atoms with Crippen LogP contribution in [0.15, 0.2) is 4.52 Å². The van der Waals surface area contributed by atoms with Gasteiger partial charge in [0, 0.05) is 44.4 Å². The second-order valence-electron chi connectivity index (χ2n) is 6.39. The first-order chi connectivity index (χ1) is 11.0. The summed E-state index contributed by atoms with van der Waals surface area (Å²) in [6.45, 7) is 7.98. The van der Waals surface area contributed by atoms with Crippen molar-refractivity contribution >= 4 is 11.8 Å². The fraction of sp³-hybridized carbons (Fsp3) is 0.625. The SMILES string of the molecule is Cc1nc(C)c(C)c(N2CCC(c3nc(N(C)C)no3)CC2)n1. The Kier molecular flexibility index (Phi) is 4.19. The van der Waals surface area contributed by atoms with Gasteiger partial charge in [0.2, 0.25) is 5.89 Å². The van der Waals surface area contributed by atoms with E-state index in [1.807, 2.05) is 32.8 Å². The maximum absolute atomic E-state index is 5.42. The van der Waals surface area contributed by atoms with Gasteiger partial charge in [-0.2, -0.15) is 4.98 Å². The van der Waals surface area contributed by atoms with Gasteiger partial charge in [-0.1, -0.05) is 0 Å². The van der Waals surface area contributed by atoms with E-state index in [-0.39, 0.29) is 0 Å². The molecule has 1 aliphatic rings. The minimum absolute atomic E-state index is 0.330. The summed E-state index contributed by atoms with van der Waals surface area (Å²) in [6, 6.07) is 0. The first-order valence-corrected chi connectivity index (χ1v) is 8.03. The van der Waals surface area contributed by atoms with Crippen LogP contribution in [0.1, 0.15) is 41.7 Å². The highest BCUT2D eigenvalue weighted by atomic mass is 16.5. The van der Waals surface area contributed by atoms with Crippen molar-refractivity contribution in [2.75, 3.05) is 37.0 Å². The monoisotopic (exact) mass is 316 g/mol. The topological polar surface area (TPSA) is 71.2 Å². The molecule has 3 heterocycles. The molecule has 0 unspecified atom stereocenters. The molecule has 0 amide bonds. The van der Waals surface area contributed by atoms with Gasteiger partial charge < -0.3 is 14.3 Å². The molecule has 2 aromatic heterocycles. The first-order valence-electron chi connectivity index (χ1n) is 8.03. The van der Waals surface area contributed by atoms with Crippen molar-refractivity contribution in [3.63, 3.8) is 0 Å². The molecule has 0 bridgehead atoms. The Hall–Kier alpha value is -2.18. The lowest BCUT2D eigenvalue weighted by molar-refractivity contribution is 0.329. The molecular formula is C16H24N6O. The predicted molar refractivity (Wildman–Crippen MR) is 89.1 cm³/mol. The number of hydrogen-bond donors (Lipinski definition) is 0. The molecule has 0 aliphatic carbocycles. The number of aromatic nitrogens is 4. The van der Waals surface area contributed by atoms with E-state index in [0.717, 1.165) is 49.2 Å². The molecule has 0 spiro atoms. The van der Waals surface area contributed by atoms with Crippen molar-refractivity contribution in [1.29, 1.82) is 0 Å². The smallest absolute Gasteiger partial charge is 0.265 e. The zero-order valence-corrected chi connectivity index (χ0v) is 14.5. The number of aryl methyl sites for hydroxylation is 2.